The Morgan fingerprint density at radius 1 is 1.10 bits per heavy atom. The molecule has 0 aliphatic carbocycles. The molecule has 3 aliphatic heterocycles. The second-order valence-electron chi connectivity index (χ2n) is 13.3. The average molecular weight is 767 g/mol. The number of halogens is 1. The van der Waals surface area contributed by atoms with E-state index in [9.17, 15) is 24.3 Å². The lowest BCUT2D eigenvalue weighted by atomic mass is 9.70. The van der Waals surface area contributed by atoms with Crippen molar-refractivity contribution < 1.29 is 38.5 Å². The summed E-state index contributed by atoms with van der Waals surface area (Å²) in [6, 6.07) is 14.7. The van der Waals surface area contributed by atoms with Crippen LogP contribution in [0, 0.1) is 11.8 Å². The van der Waals surface area contributed by atoms with Crippen LogP contribution in [0.15, 0.2) is 79.9 Å². The number of benzene rings is 2. The number of likely N-dealkylation sites (tertiary alicyclic amines) is 1. The van der Waals surface area contributed by atoms with E-state index in [0.717, 1.165) is 18.4 Å². The van der Waals surface area contributed by atoms with Crippen molar-refractivity contribution in [1.82, 2.24) is 10.2 Å². The van der Waals surface area contributed by atoms with E-state index in [-0.39, 0.29) is 42.8 Å². The second-order valence-corrected chi connectivity index (χ2v) is 14.4. The van der Waals surface area contributed by atoms with Gasteiger partial charge in [0.05, 0.1) is 31.1 Å². The first-order chi connectivity index (χ1) is 24.7. The third-order valence-corrected chi connectivity index (χ3v) is 10.9. The topological polar surface area (TPSA) is 135 Å². The smallest absolute Gasteiger partial charge is 0.306 e. The molecule has 3 amide bonds. The van der Waals surface area contributed by atoms with E-state index in [2.05, 4.69) is 34.4 Å². The Kier molecular flexibility index (Phi) is 13.1. The summed E-state index contributed by atoms with van der Waals surface area (Å²) in [6.07, 6.45) is 6.44. The molecule has 0 radical (unpaired) electrons. The maximum Gasteiger partial charge on any atom is 0.306 e. The first-order valence-corrected chi connectivity index (χ1v) is 18.5. The van der Waals surface area contributed by atoms with Gasteiger partial charge in [0.15, 0.2) is 0 Å². The molecule has 2 N–H and O–H groups in total. The van der Waals surface area contributed by atoms with Crippen molar-refractivity contribution in [2.75, 3.05) is 38.3 Å². The molecule has 3 fully saturated rings. The van der Waals surface area contributed by atoms with Crippen LogP contribution in [0.25, 0.3) is 0 Å². The number of carbonyl (C=O) groups is 4. The van der Waals surface area contributed by atoms with Crippen LogP contribution < -0.4 is 15.0 Å². The molecule has 1 unspecified atom stereocenters. The van der Waals surface area contributed by atoms with Gasteiger partial charge in [-0.1, -0.05) is 71.3 Å². The average Bonchev–Trinajstić information content (AvgIpc) is 3.74. The van der Waals surface area contributed by atoms with Crippen LogP contribution in [-0.2, 0) is 28.7 Å². The van der Waals surface area contributed by atoms with Crippen molar-refractivity contribution in [3.8, 4) is 5.75 Å². The van der Waals surface area contributed by atoms with E-state index >= 15 is 0 Å². The number of nitrogens with zero attached hydrogens (tertiary/aromatic N) is 2. The molecular formula is C39H48BrN3O8. The zero-order valence-corrected chi connectivity index (χ0v) is 30.7. The standard InChI is InChI=1S/C39H48BrN3O8/c1-4-6-16-31(45)50-25-30(26-14-10-9-11-15-26)41-36(46)32-33-37(47)43(22-12-7-8-13-23-44)35(39(33)24-29(40)34(32)51-39)38(48)42(21-5-2)27-17-19-28(49-3)20-18-27/h4-5,9-11,14-15,17-20,29-30,32-35,44H,1-2,6-8,12-13,16,21-25H2,3H3,(H,41,46)/t29?,30-,32+,33-,34+,35+,39-/m1/s1. The van der Waals surface area contributed by atoms with Crippen LogP contribution in [0.1, 0.15) is 56.6 Å². The summed E-state index contributed by atoms with van der Waals surface area (Å²) >= 11 is 3.76. The van der Waals surface area contributed by atoms with Crippen molar-refractivity contribution in [1.29, 1.82) is 0 Å². The van der Waals surface area contributed by atoms with Crippen LogP contribution in [0.3, 0.4) is 0 Å². The van der Waals surface area contributed by atoms with Gasteiger partial charge in [-0.25, -0.2) is 0 Å². The first kappa shape index (κ1) is 38.2. The summed E-state index contributed by atoms with van der Waals surface area (Å²) in [7, 11) is 1.57. The highest BCUT2D eigenvalue weighted by atomic mass is 79.9. The van der Waals surface area contributed by atoms with Gasteiger partial charge < -0.3 is 34.4 Å². The van der Waals surface area contributed by atoms with Gasteiger partial charge in [0, 0.05) is 36.6 Å². The highest BCUT2D eigenvalue weighted by Crippen LogP contribution is 2.60. The van der Waals surface area contributed by atoms with Crippen LogP contribution in [0.4, 0.5) is 5.69 Å². The lowest BCUT2D eigenvalue weighted by Crippen LogP contribution is -2.57. The molecular weight excluding hydrogens is 718 g/mol. The normalized spacial score (nSPS) is 25.2. The third kappa shape index (κ3) is 8.08. The molecule has 51 heavy (non-hydrogen) atoms. The number of ether oxygens (including phenoxy) is 3. The number of alkyl halides is 1. The van der Waals surface area contributed by atoms with Crippen molar-refractivity contribution in [3.05, 3.63) is 85.5 Å². The van der Waals surface area contributed by atoms with Gasteiger partial charge in [0.2, 0.25) is 11.8 Å². The van der Waals surface area contributed by atoms with E-state index < -0.39 is 47.5 Å². The van der Waals surface area contributed by atoms with E-state index in [4.69, 9.17) is 14.2 Å². The van der Waals surface area contributed by atoms with E-state index in [1.54, 1.807) is 53.3 Å². The first-order valence-electron chi connectivity index (χ1n) is 17.6. The highest BCUT2D eigenvalue weighted by Gasteiger charge is 2.76. The quantitative estimate of drug-likeness (QED) is 0.0895. The van der Waals surface area contributed by atoms with E-state index in [0.29, 0.717) is 43.7 Å². The van der Waals surface area contributed by atoms with Gasteiger partial charge in [-0.2, -0.15) is 0 Å². The number of fused-ring (bicyclic) bond motifs is 1. The number of hydrogen-bond acceptors (Lipinski definition) is 8. The zero-order chi connectivity index (χ0) is 36.5. The van der Waals surface area contributed by atoms with Crippen LogP contribution in [-0.4, -0.2) is 89.7 Å². The van der Waals surface area contributed by atoms with Gasteiger partial charge in [0.25, 0.3) is 5.91 Å². The Morgan fingerprint density at radius 2 is 1.82 bits per heavy atom. The van der Waals surface area contributed by atoms with E-state index in [1.165, 1.54) is 0 Å². The second kappa shape index (κ2) is 17.5. The molecule has 3 saturated heterocycles. The number of anilines is 1. The SMILES string of the molecule is C=CCCC(=O)OC[C@@H](NC(=O)[C@@H]1[C@H]2O[C@@]3(CC2Br)[C@H](C(=O)N(CC=C)c2ccc(OC)cc2)N(CCCCCCO)C(=O)[C@@H]13)c1ccccc1. The molecule has 5 rings (SSSR count). The number of carbonyl (C=O) groups excluding carboxylic acids is 4. The summed E-state index contributed by atoms with van der Waals surface area (Å²) in [4.78, 5) is 59.2. The monoisotopic (exact) mass is 765 g/mol. The van der Waals surface area contributed by atoms with Gasteiger partial charge in [-0.05, 0) is 55.5 Å². The maximum atomic E-state index is 14.8. The minimum absolute atomic E-state index is 0.0873. The molecule has 2 aromatic carbocycles. The largest absolute Gasteiger partial charge is 0.497 e. The lowest BCUT2D eigenvalue weighted by Gasteiger charge is -2.37. The van der Waals surface area contributed by atoms with Crippen LogP contribution in [0.2, 0.25) is 0 Å². The summed E-state index contributed by atoms with van der Waals surface area (Å²) in [5.74, 6) is -2.60. The molecule has 0 aromatic heterocycles. The van der Waals surface area contributed by atoms with Crippen molar-refractivity contribution in [3.63, 3.8) is 0 Å². The number of aliphatic hydroxyl groups excluding tert-OH is 1. The molecule has 3 heterocycles. The number of nitrogens with one attached hydrogen (secondary N) is 1. The number of aliphatic hydroxyl groups is 1. The number of amides is 3. The van der Waals surface area contributed by atoms with Crippen molar-refractivity contribution >= 4 is 45.3 Å². The number of esters is 1. The Bertz CT molecular complexity index is 1560. The third-order valence-electron chi connectivity index (χ3n) is 10.1. The van der Waals surface area contributed by atoms with Gasteiger partial charge in [0.1, 0.15) is 24.0 Å². The predicted molar refractivity (Wildman–Crippen MR) is 196 cm³/mol. The summed E-state index contributed by atoms with van der Waals surface area (Å²) in [5.41, 5.74) is 0.0960. The van der Waals surface area contributed by atoms with E-state index in [1.807, 2.05) is 30.3 Å². The van der Waals surface area contributed by atoms with Gasteiger partial charge >= 0.3 is 5.97 Å². The molecule has 2 bridgehead atoms. The fourth-order valence-electron chi connectivity index (χ4n) is 7.70. The molecule has 3 aliphatic rings. The van der Waals surface area contributed by atoms with Crippen LogP contribution in [0.5, 0.6) is 5.75 Å². The molecule has 0 saturated carbocycles. The molecule has 12 heteroatoms. The minimum atomic E-state index is -1.26. The van der Waals surface area contributed by atoms with Gasteiger partial charge in [-0.15, -0.1) is 13.2 Å². The van der Waals surface area contributed by atoms with Crippen molar-refractivity contribution in [2.24, 2.45) is 11.8 Å². The fourth-order valence-corrected chi connectivity index (χ4v) is 8.64. The molecule has 7 atom stereocenters. The zero-order valence-electron chi connectivity index (χ0n) is 29.1. The Hall–Kier alpha value is -4.00. The highest BCUT2D eigenvalue weighted by molar-refractivity contribution is 9.09. The summed E-state index contributed by atoms with van der Waals surface area (Å²) < 4.78 is 17.6. The molecule has 1 spiro atoms. The van der Waals surface area contributed by atoms with Gasteiger partial charge in [-0.3, -0.25) is 19.2 Å². The fraction of sp³-hybridized carbons (Fsp3) is 0.487. The maximum absolute atomic E-state index is 14.8. The Morgan fingerprint density at radius 3 is 2.49 bits per heavy atom. The molecule has 274 valence electrons. The number of hydrogen-bond donors (Lipinski definition) is 2. The number of unbranched alkanes of at least 4 members (excludes halogenated alkanes) is 3. The van der Waals surface area contributed by atoms with Crippen molar-refractivity contribution in [2.45, 2.75) is 73.6 Å². The Balaban J connectivity index is 1.47. The summed E-state index contributed by atoms with van der Waals surface area (Å²) in [6.45, 7) is 8.02. The number of allylic oxidation sites excluding steroid dienone is 1. The minimum Gasteiger partial charge on any atom is -0.497 e. The van der Waals surface area contributed by atoms with Crippen LogP contribution >= 0.6 is 15.9 Å². The number of rotatable bonds is 19. The summed E-state index contributed by atoms with van der Waals surface area (Å²) in [5, 5.41) is 12.4. The Labute approximate surface area is 308 Å². The number of methoxy groups -OCH3 is 1. The lowest BCUT2D eigenvalue weighted by molar-refractivity contribution is -0.145. The molecule has 2 aromatic rings. The molecule has 11 nitrogen and oxygen atoms in total. The predicted octanol–water partition coefficient (Wildman–Crippen LogP) is 4.88.